The molecule has 0 spiro atoms. The van der Waals surface area contributed by atoms with Gasteiger partial charge in [0.25, 0.3) is 0 Å². The van der Waals surface area contributed by atoms with Gasteiger partial charge in [-0.25, -0.2) is 0 Å². The lowest BCUT2D eigenvalue weighted by Crippen LogP contribution is -2.51. The summed E-state index contributed by atoms with van der Waals surface area (Å²) in [5.74, 6) is 0.175. The highest BCUT2D eigenvalue weighted by Crippen LogP contribution is 2.22. The van der Waals surface area contributed by atoms with Crippen molar-refractivity contribution in [1.29, 1.82) is 0 Å². The van der Waals surface area contributed by atoms with Crippen molar-refractivity contribution in [3.05, 3.63) is 0 Å². The summed E-state index contributed by atoms with van der Waals surface area (Å²) in [4.78, 5) is 17.0. The second-order valence-corrected chi connectivity index (χ2v) is 6.66. The number of hydrogen-bond acceptors (Lipinski definition) is 5. The van der Waals surface area contributed by atoms with Gasteiger partial charge in [-0.3, -0.25) is 9.69 Å². The third kappa shape index (κ3) is 4.65. The Kier molecular flexibility index (Phi) is 6.62. The average Bonchev–Trinajstić information content (AvgIpc) is 2.91. The van der Waals surface area contributed by atoms with Gasteiger partial charge in [0.2, 0.25) is 5.91 Å². The van der Waals surface area contributed by atoms with E-state index in [1.54, 1.807) is 7.11 Å². The minimum absolute atomic E-state index is 0.169. The molecule has 2 aliphatic rings. The molecule has 2 saturated heterocycles. The first-order valence-electron chi connectivity index (χ1n) is 8.43. The normalized spacial score (nSPS) is 31.5. The Morgan fingerprint density at radius 3 is 2.64 bits per heavy atom. The van der Waals surface area contributed by atoms with E-state index in [9.17, 15) is 4.79 Å². The number of methoxy groups -OCH3 is 1. The van der Waals surface area contributed by atoms with Crippen molar-refractivity contribution in [2.45, 2.75) is 57.5 Å². The van der Waals surface area contributed by atoms with Crippen LogP contribution in [-0.2, 0) is 14.3 Å². The summed E-state index contributed by atoms with van der Waals surface area (Å²) in [6.07, 6.45) is 2.93. The van der Waals surface area contributed by atoms with Gasteiger partial charge in [0.1, 0.15) is 0 Å². The molecule has 22 heavy (non-hydrogen) atoms. The molecule has 6 heteroatoms. The number of carbonyl (C=O) groups is 1. The molecule has 2 N–H and O–H groups in total. The van der Waals surface area contributed by atoms with E-state index in [1.165, 1.54) is 0 Å². The van der Waals surface area contributed by atoms with E-state index in [-0.39, 0.29) is 24.2 Å². The van der Waals surface area contributed by atoms with Gasteiger partial charge in [-0.1, -0.05) is 0 Å². The maximum atomic E-state index is 12.5. The Morgan fingerprint density at radius 2 is 2.05 bits per heavy atom. The quantitative estimate of drug-likeness (QED) is 0.771. The topological polar surface area (TPSA) is 68.0 Å². The van der Waals surface area contributed by atoms with Crippen molar-refractivity contribution in [2.75, 3.05) is 39.8 Å². The summed E-state index contributed by atoms with van der Waals surface area (Å²) < 4.78 is 11.0. The number of morpholine rings is 1. The van der Waals surface area contributed by atoms with Gasteiger partial charge in [-0.15, -0.1) is 0 Å². The number of hydrogen-bond donors (Lipinski definition) is 1. The maximum absolute atomic E-state index is 12.5. The fraction of sp³-hybridized carbons (Fsp3) is 0.938. The predicted octanol–water partition coefficient (Wildman–Crippen LogP) is 0.450. The van der Waals surface area contributed by atoms with Gasteiger partial charge in [0.05, 0.1) is 24.7 Å². The molecule has 1 amide bonds. The molecular weight excluding hydrogens is 282 g/mol. The number of nitrogens with zero attached hydrogens (tertiary/aromatic N) is 2. The molecule has 6 nitrogen and oxygen atoms in total. The first-order valence-corrected chi connectivity index (χ1v) is 8.43. The van der Waals surface area contributed by atoms with Crippen molar-refractivity contribution >= 4 is 5.91 Å². The summed E-state index contributed by atoms with van der Waals surface area (Å²) in [7, 11) is 1.61. The lowest BCUT2D eigenvalue weighted by atomic mass is 10.1. The fourth-order valence-electron chi connectivity index (χ4n) is 3.66. The number of rotatable bonds is 6. The summed E-state index contributed by atoms with van der Waals surface area (Å²) in [5.41, 5.74) is 5.63. The van der Waals surface area contributed by atoms with E-state index in [0.717, 1.165) is 39.0 Å². The second kappa shape index (κ2) is 8.24. The zero-order valence-corrected chi connectivity index (χ0v) is 14.2. The van der Waals surface area contributed by atoms with Crippen LogP contribution >= 0.6 is 0 Å². The van der Waals surface area contributed by atoms with E-state index >= 15 is 0 Å². The van der Waals surface area contributed by atoms with Gasteiger partial charge >= 0.3 is 0 Å². The highest BCUT2D eigenvalue weighted by atomic mass is 16.5. The van der Waals surface area contributed by atoms with Crippen LogP contribution in [0.15, 0.2) is 0 Å². The molecule has 0 aromatic rings. The molecule has 0 aromatic carbocycles. The largest absolute Gasteiger partial charge is 0.380 e. The zero-order chi connectivity index (χ0) is 16.1. The Bertz CT molecular complexity index is 353. The number of carbonyl (C=O) groups excluding carboxylic acids is 1. The molecule has 128 valence electrons. The molecule has 4 unspecified atom stereocenters. The molecule has 0 aliphatic carbocycles. The van der Waals surface area contributed by atoms with Crippen LogP contribution in [0.1, 0.15) is 33.1 Å². The summed E-state index contributed by atoms with van der Waals surface area (Å²) >= 11 is 0. The van der Waals surface area contributed by atoms with Crippen LogP contribution in [0.25, 0.3) is 0 Å². The van der Waals surface area contributed by atoms with E-state index in [1.807, 2.05) is 4.90 Å². The fourth-order valence-corrected chi connectivity index (χ4v) is 3.66. The summed E-state index contributed by atoms with van der Waals surface area (Å²) in [6, 6.07) is 0.320. The number of amides is 1. The third-order valence-corrected chi connectivity index (χ3v) is 4.66. The van der Waals surface area contributed by atoms with Crippen molar-refractivity contribution in [3.8, 4) is 0 Å². The van der Waals surface area contributed by atoms with Gasteiger partial charge in [-0.05, 0) is 26.7 Å². The Balaban J connectivity index is 1.88. The first-order chi connectivity index (χ1) is 10.5. The lowest BCUT2D eigenvalue weighted by Gasteiger charge is -2.38. The average molecular weight is 313 g/mol. The Morgan fingerprint density at radius 1 is 1.36 bits per heavy atom. The van der Waals surface area contributed by atoms with E-state index in [4.69, 9.17) is 15.2 Å². The molecule has 0 bridgehead atoms. The minimum atomic E-state index is -0.169. The van der Waals surface area contributed by atoms with Gasteiger partial charge in [0.15, 0.2) is 0 Å². The summed E-state index contributed by atoms with van der Waals surface area (Å²) in [6.45, 7) is 8.33. The molecule has 2 heterocycles. The zero-order valence-electron chi connectivity index (χ0n) is 14.2. The van der Waals surface area contributed by atoms with Crippen LogP contribution in [0, 0.1) is 0 Å². The molecule has 0 radical (unpaired) electrons. The monoisotopic (exact) mass is 313 g/mol. The van der Waals surface area contributed by atoms with Crippen LogP contribution in [0.4, 0.5) is 0 Å². The lowest BCUT2D eigenvalue weighted by molar-refractivity contribution is -0.135. The molecular formula is C16H31N3O3. The molecule has 2 fully saturated rings. The van der Waals surface area contributed by atoms with E-state index in [0.29, 0.717) is 19.0 Å². The maximum Gasteiger partial charge on any atom is 0.225 e. The standard InChI is InChI=1S/C16H31N3O3/c1-12-9-18(10-13(2)22-12)11-14-5-4-6-19(14)16(20)7-15(8-17)21-3/h12-15H,4-11,17H2,1-3H3. The number of likely N-dealkylation sites (tertiary alicyclic amines) is 1. The van der Waals surface area contributed by atoms with Gasteiger partial charge < -0.3 is 20.1 Å². The Hall–Kier alpha value is -0.690. The van der Waals surface area contributed by atoms with Crippen LogP contribution in [-0.4, -0.2) is 79.9 Å². The predicted molar refractivity (Wildman–Crippen MR) is 85.7 cm³/mol. The van der Waals surface area contributed by atoms with E-state index in [2.05, 4.69) is 18.7 Å². The summed E-state index contributed by atoms with van der Waals surface area (Å²) in [5, 5.41) is 0. The molecule has 0 saturated carbocycles. The van der Waals surface area contributed by atoms with Crippen molar-refractivity contribution in [3.63, 3.8) is 0 Å². The van der Waals surface area contributed by atoms with Crippen LogP contribution in [0.5, 0.6) is 0 Å². The van der Waals surface area contributed by atoms with Crippen molar-refractivity contribution < 1.29 is 14.3 Å². The van der Waals surface area contributed by atoms with Crippen molar-refractivity contribution in [1.82, 2.24) is 9.80 Å². The third-order valence-electron chi connectivity index (χ3n) is 4.66. The van der Waals surface area contributed by atoms with Crippen molar-refractivity contribution in [2.24, 2.45) is 5.73 Å². The SMILES string of the molecule is COC(CN)CC(=O)N1CCCC1CN1CC(C)OC(C)C1. The second-order valence-electron chi connectivity index (χ2n) is 6.66. The highest BCUT2D eigenvalue weighted by Gasteiger charge is 2.32. The Labute approximate surface area is 133 Å². The smallest absolute Gasteiger partial charge is 0.225 e. The molecule has 4 atom stereocenters. The molecule has 0 aromatic heterocycles. The van der Waals surface area contributed by atoms with Gasteiger partial charge in [0, 0.05) is 45.9 Å². The minimum Gasteiger partial charge on any atom is -0.380 e. The molecule has 2 aliphatic heterocycles. The van der Waals surface area contributed by atoms with Gasteiger partial charge in [-0.2, -0.15) is 0 Å². The number of ether oxygens (including phenoxy) is 2. The van der Waals surface area contributed by atoms with E-state index < -0.39 is 0 Å². The highest BCUT2D eigenvalue weighted by molar-refractivity contribution is 5.77. The van der Waals surface area contributed by atoms with Crippen LogP contribution in [0.2, 0.25) is 0 Å². The first kappa shape index (κ1) is 17.7. The molecule has 2 rings (SSSR count). The number of nitrogens with two attached hydrogens (primary N) is 1. The van der Waals surface area contributed by atoms with Crippen LogP contribution in [0.3, 0.4) is 0 Å². The van der Waals surface area contributed by atoms with Crippen LogP contribution < -0.4 is 5.73 Å².